The molecule has 0 aliphatic heterocycles. The van der Waals surface area contributed by atoms with Crippen LogP contribution < -0.4 is 16.0 Å². The molecule has 1 aromatic heterocycles. The third kappa shape index (κ3) is 6.87. The Kier molecular flexibility index (Phi) is 8.26. The molecule has 8 nitrogen and oxygen atoms in total. The maximum atomic E-state index is 12.7. The van der Waals surface area contributed by atoms with Crippen molar-refractivity contribution in [2.75, 3.05) is 16.0 Å². The van der Waals surface area contributed by atoms with Gasteiger partial charge in [-0.1, -0.05) is 30.3 Å². The van der Waals surface area contributed by atoms with E-state index in [2.05, 4.69) is 20.9 Å². The van der Waals surface area contributed by atoms with Crippen molar-refractivity contribution in [1.82, 2.24) is 4.98 Å². The minimum atomic E-state index is -0.448. The molecule has 4 aromatic rings. The number of thiazole rings is 1. The van der Waals surface area contributed by atoms with E-state index >= 15 is 0 Å². The van der Waals surface area contributed by atoms with E-state index in [-0.39, 0.29) is 16.8 Å². The number of thiocarbonyl (C=S) groups is 1. The van der Waals surface area contributed by atoms with E-state index in [1.165, 1.54) is 35.2 Å². The van der Waals surface area contributed by atoms with Crippen molar-refractivity contribution in [3.05, 3.63) is 94.4 Å². The molecule has 3 aromatic carbocycles. The number of nitro groups is 1. The highest BCUT2D eigenvalue weighted by molar-refractivity contribution is 8.00. The Morgan fingerprint density at radius 2 is 1.69 bits per heavy atom. The topological polar surface area (TPSA) is 109 Å². The molecule has 36 heavy (non-hydrogen) atoms. The summed E-state index contributed by atoms with van der Waals surface area (Å²) >= 11 is 8.05. The zero-order valence-corrected chi connectivity index (χ0v) is 21.5. The predicted octanol–water partition coefficient (Wildman–Crippen LogP) is 6.65. The van der Waals surface area contributed by atoms with Crippen LogP contribution in [0.4, 0.5) is 22.2 Å². The molecule has 3 N–H and O–H groups in total. The monoisotopic (exact) mass is 535 g/mol. The van der Waals surface area contributed by atoms with Gasteiger partial charge in [-0.25, -0.2) is 4.98 Å². The largest absolute Gasteiger partial charge is 0.332 e. The maximum Gasteiger partial charge on any atom is 0.270 e. The number of non-ortho nitro benzene ring substituents is 1. The molecule has 4 rings (SSSR count). The van der Waals surface area contributed by atoms with Crippen molar-refractivity contribution in [2.24, 2.45) is 0 Å². The maximum absolute atomic E-state index is 12.7. The van der Waals surface area contributed by atoms with Gasteiger partial charge in [0, 0.05) is 39.3 Å². The number of thioether (sulfide) groups is 1. The molecule has 1 atom stereocenters. The van der Waals surface area contributed by atoms with Crippen LogP contribution in [0.25, 0.3) is 11.3 Å². The number of benzene rings is 3. The van der Waals surface area contributed by atoms with Crippen LogP contribution >= 0.6 is 35.3 Å². The molecule has 0 saturated carbocycles. The Morgan fingerprint density at radius 1 is 1.00 bits per heavy atom. The lowest BCUT2D eigenvalue weighted by atomic mass is 10.1. The summed E-state index contributed by atoms with van der Waals surface area (Å²) in [4.78, 5) is 28.6. The first-order valence-electron chi connectivity index (χ1n) is 10.8. The fourth-order valence-corrected chi connectivity index (χ4v) is 4.96. The lowest BCUT2D eigenvalue weighted by Gasteiger charge is -2.12. The van der Waals surface area contributed by atoms with Crippen molar-refractivity contribution in [3.8, 4) is 11.3 Å². The Morgan fingerprint density at radius 3 is 2.39 bits per heavy atom. The molecule has 0 fully saturated rings. The summed E-state index contributed by atoms with van der Waals surface area (Å²) in [5, 5.41) is 22.4. The van der Waals surface area contributed by atoms with E-state index in [1.54, 1.807) is 17.5 Å². The van der Waals surface area contributed by atoms with Crippen LogP contribution in [0.1, 0.15) is 6.92 Å². The third-order valence-electron chi connectivity index (χ3n) is 4.91. The number of nitro benzene ring substituents is 1. The fraction of sp³-hybridized carbons (Fsp3) is 0.0800. The minimum absolute atomic E-state index is 0.00777. The molecule has 0 radical (unpaired) electrons. The molecule has 1 heterocycles. The molecular weight excluding hydrogens is 515 g/mol. The number of anilines is 3. The molecule has 0 aliphatic rings. The van der Waals surface area contributed by atoms with E-state index in [1.807, 2.05) is 61.5 Å². The number of nitrogens with zero attached hydrogens (tertiary/aromatic N) is 2. The van der Waals surface area contributed by atoms with Gasteiger partial charge in [0.2, 0.25) is 5.91 Å². The van der Waals surface area contributed by atoms with E-state index in [0.29, 0.717) is 21.5 Å². The molecule has 0 aliphatic carbocycles. The highest BCUT2D eigenvalue weighted by atomic mass is 32.2. The van der Waals surface area contributed by atoms with E-state index in [0.717, 1.165) is 16.3 Å². The Hall–Kier alpha value is -3.80. The number of carbonyl (C=O) groups excluding carboxylic acids is 1. The van der Waals surface area contributed by atoms with E-state index in [9.17, 15) is 14.9 Å². The lowest BCUT2D eigenvalue weighted by Crippen LogP contribution is -2.22. The third-order valence-corrected chi connectivity index (χ3v) is 6.99. The predicted molar refractivity (Wildman–Crippen MR) is 151 cm³/mol. The normalized spacial score (nSPS) is 11.4. The fourth-order valence-electron chi connectivity index (χ4n) is 3.14. The van der Waals surface area contributed by atoms with Gasteiger partial charge in [-0.3, -0.25) is 14.9 Å². The van der Waals surface area contributed by atoms with Gasteiger partial charge in [-0.2, -0.15) is 0 Å². The first-order valence-corrected chi connectivity index (χ1v) is 12.9. The molecule has 0 bridgehead atoms. The summed E-state index contributed by atoms with van der Waals surface area (Å²) in [7, 11) is 0. The Bertz CT molecular complexity index is 1380. The highest BCUT2D eigenvalue weighted by Gasteiger charge is 2.17. The van der Waals surface area contributed by atoms with Crippen LogP contribution in [0.5, 0.6) is 0 Å². The van der Waals surface area contributed by atoms with Crippen molar-refractivity contribution in [3.63, 3.8) is 0 Å². The standard InChI is InChI=1S/C25H21N5O3S3/c1-16(23(31)29-25-28-22(15-35-25)17-6-5-9-20(14-17)30(32)33)36-21-12-10-19(11-13-21)27-24(34)26-18-7-3-2-4-8-18/h2-16H,1H3,(H2,26,27,34)(H,28,29,31). The number of carbonyl (C=O) groups is 1. The van der Waals surface area contributed by atoms with Crippen molar-refractivity contribution < 1.29 is 9.72 Å². The van der Waals surface area contributed by atoms with Gasteiger partial charge >= 0.3 is 0 Å². The molecule has 0 saturated heterocycles. The number of rotatable bonds is 8. The molecule has 0 spiro atoms. The summed E-state index contributed by atoms with van der Waals surface area (Å²) in [6.07, 6.45) is 0. The zero-order chi connectivity index (χ0) is 25.5. The summed E-state index contributed by atoms with van der Waals surface area (Å²) in [6, 6.07) is 23.5. The Labute approximate surface area is 221 Å². The number of hydrogen-bond acceptors (Lipinski definition) is 7. The van der Waals surface area contributed by atoms with E-state index < -0.39 is 4.92 Å². The van der Waals surface area contributed by atoms with Crippen LogP contribution in [0, 0.1) is 10.1 Å². The van der Waals surface area contributed by atoms with Gasteiger partial charge in [0.25, 0.3) is 5.69 Å². The smallest absolute Gasteiger partial charge is 0.270 e. The Balaban J connectivity index is 1.30. The van der Waals surface area contributed by atoms with Crippen LogP contribution in [-0.4, -0.2) is 26.2 Å². The molecular formula is C25H21N5O3S3. The van der Waals surface area contributed by atoms with E-state index in [4.69, 9.17) is 12.2 Å². The zero-order valence-electron chi connectivity index (χ0n) is 19.0. The number of amides is 1. The average Bonchev–Trinajstić information content (AvgIpc) is 3.34. The lowest BCUT2D eigenvalue weighted by molar-refractivity contribution is -0.384. The average molecular weight is 536 g/mol. The van der Waals surface area contributed by atoms with Gasteiger partial charge < -0.3 is 16.0 Å². The number of aromatic nitrogens is 1. The van der Waals surface area contributed by atoms with Gasteiger partial charge in [-0.15, -0.1) is 23.1 Å². The first-order chi connectivity index (χ1) is 17.4. The second-order valence-electron chi connectivity index (χ2n) is 7.56. The number of para-hydroxylation sites is 1. The van der Waals surface area contributed by atoms with Crippen molar-refractivity contribution in [1.29, 1.82) is 0 Å². The van der Waals surface area contributed by atoms with Crippen LogP contribution in [0.2, 0.25) is 0 Å². The van der Waals surface area contributed by atoms with Crippen LogP contribution in [0.3, 0.4) is 0 Å². The second kappa shape index (κ2) is 11.8. The van der Waals surface area contributed by atoms with Gasteiger partial charge in [0.15, 0.2) is 10.2 Å². The first kappa shape index (κ1) is 25.3. The quantitative estimate of drug-likeness (QED) is 0.0996. The van der Waals surface area contributed by atoms with Gasteiger partial charge in [0.1, 0.15) is 0 Å². The number of hydrogen-bond donors (Lipinski definition) is 3. The summed E-state index contributed by atoms with van der Waals surface area (Å²) < 4.78 is 0. The number of nitrogens with one attached hydrogen (secondary N) is 3. The molecule has 1 amide bonds. The summed E-state index contributed by atoms with van der Waals surface area (Å²) in [5.41, 5.74) is 2.92. The highest BCUT2D eigenvalue weighted by Crippen LogP contribution is 2.29. The summed E-state index contributed by atoms with van der Waals surface area (Å²) in [5.74, 6) is -0.185. The SMILES string of the molecule is CC(Sc1ccc(NC(=S)Nc2ccccc2)cc1)C(=O)Nc1nc(-c2cccc([N+](=O)[O-])c2)cs1. The molecule has 1 unspecified atom stereocenters. The van der Waals surface area contributed by atoms with Crippen LogP contribution in [-0.2, 0) is 4.79 Å². The van der Waals surface area contributed by atoms with Gasteiger partial charge in [0.05, 0.1) is 15.9 Å². The second-order valence-corrected chi connectivity index (χ2v) is 10.2. The minimum Gasteiger partial charge on any atom is -0.332 e. The molecule has 11 heteroatoms. The molecule has 182 valence electrons. The summed E-state index contributed by atoms with van der Waals surface area (Å²) in [6.45, 7) is 1.82. The van der Waals surface area contributed by atoms with Gasteiger partial charge in [-0.05, 0) is 55.5 Å². The van der Waals surface area contributed by atoms with Crippen molar-refractivity contribution in [2.45, 2.75) is 17.1 Å². The van der Waals surface area contributed by atoms with Crippen LogP contribution in [0.15, 0.2) is 89.1 Å². The van der Waals surface area contributed by atoms with Crippen molar-refractivity contribution >= 4 is 68.5 Å².